The molecule has 2 aliphatic rings. The lowest BCUT2D eigenvalue weighted by atomic mass is 9.75. The van der Waals surface area contributed by atoms with Crippen LogP contribution in [-0.2, 0) is 0 Å². The fourth-order valence-electron chi connectivity index (χ4n) is 3.52. The molecule has 2 saturated carbocycles. The molecule has 1 aromatic rings. The van der Waals surface area contributed by atoms with Crippen molar-refractivity contribution in [1.82, 2.24) is 0 Å². The van der Waals surface area contributed by atoms with Crippen LogP contribution in [0.2, 0.25) is 0 Å². The van der Waals surface area contributed by atoms with Crippen molar-refractivity contribution in [2.24, 2.45) is 5.41 Å². The SMILES string of the molecule is O=C(O)c1ccc(OCC2(C(F)F)CCCCC2)c(C2CC2)c1F. The van der Waals surface area contributed by atoms with Gasteiger partial charge in [-0.3, -0.25) is 0 Å². The maximum Gasteiger partial charge on any atom is 0.338 e. The molecule has 0 atom stereocenters. The first-order chi connectivity index (χ1) is 11.4. The minimum atomic E-state index is -2.48. The van der Waals surface area contributed by atoms with Crippen LogP contribution in [-0.4, -0.2) is 24.1 Å². The van der Waals surface area contributed by atoms with Gasteiger partial charge in [-0.25, -0.2) is 18.0 Å². The molecule has 1 N–H and O–H groups in total. The molecule has 24 heavy (non-hydrogen) atoms. The number of carboxylic acid groups (broad SMARTS) is 1. The third-order valence-corrected chi connectivity index (χ3v) is 5.18. The van der Waals surface area contributed by atoms with Gasteiger partial charge in [0.15, 0.2) is 0 Å². The highest BCUT2D eigenvalue weighted by Gasteiger charge is 2.42. The normalized spacial score (nSPS) is 20.2. The molecule has 0 unspecified atom stereocenters. The zero-order chi connectivity index (χ0) is 17.3. The van der Waals surface area contributed by atoms with Gasteiger partial charge in [-0.2, -0.15) is 0 Å². The number of ether oxygens (including phenoxy) is 1. The van der Waals surface area contributed by atoms with Gasteiger partial charge in [-0.1, -0.05) is 19.3 Å². The van der Waals surface area contributed by atoms with Crippen molar-refractivity contribution in [2.45, 2.75) is 57.3 Å². The predicted molar refractivity (Wildman–Crippen MR) is 82.4 cm³/mol. The van der Waals surface area contributed by atoms with E-state index in [4.69, 9.17) is 9.84 Å². The van der Waals surface area contributed by atoms with Gasteiger partial charge in [-0.05, 0) is 43.7 Å². The lowest BCUT2D eigenvalue weighted by Crippen LogP contribution is -2.38. The summed E-state index contributed by atoms with van der Waals surface area (Å²) in [5, 5.41) is 9.05. The number of hydrogen-bond donors (Lipinski definition) is 1. The molecule has 3 nitrogen and oxygen atoms in total. The summed E-state index contributed by atoms with van der Waals surface area (Å²) in [7, 11) is 0. The maximum atomic E-state index is 14.5. The Labute approximate surface area is 138 Å². The molecular weight excluding hydrogens is 321 g/mol. The lowest BCUT2D eigenvalue weighted by molar-refractivity contribution is -0.0587. The van der Waals surface area contributed by atoms with Crippen molar-refractivity contribution in [2.75, 3.05) is 6.61 Å². The van der Waals surface area contributed by atoms with E-state index in [0.29, 0.717) is 12.8 Å². The van der Waals surface area contributed by atoms with Crippen LogP contribution in [0, 0.1) is 11.2 Å². The summed E-state index contributed by atoms with van der Waals surface area (Å²) >= 11 is 0. The van der Waals surface area contributed by atoms with E-state index in [1.54, 1.807) is 0 Å². The maximum absolute atomic E-state index is 14.5. The van der Waals surface area contributed by atoms with Gasteiger partial charge in [0.05, 0.1) is 17.6 Å². The molecule has 132 valence electrons. The van der Waals surface area contributed by atoms with Gasteiger partial charge in [0.25, 0.3) is 0 Å². The monoisotopic (exact) mass is 342 g/mol. The predicted octanol–water partition coefficient (Wildman–Crippen LogP) is 5.00. The van der Waals surface area contributed by atoms with Crippen molar-refractivity contribution in [1.29, 1.82) is 0 Å². The number of hydrogen-bond acceptors (Lipinski definition) is 2. The first-order valence-electron chi connectivity index (χ1n) is 8.41. The molecule has 0 spiro atoms. The fraction of sp³-hybridized carbons (Fsp3) is 0.611. The Morgan fingerprint density at radius 1 is 1.25 bits per heavy atom. The first kappa shape index (κ1) is 17.1. The number of halogens is 3. The molecule has 0 aliphatic heterocycles. The second-order valence-electron chi connectivity index (χ2n) is 6.93. The largest absolute Gasteiger partial charge is 0.492 e. The van der Waals surface area contributed by atoms with Gasteiger partial charge in [0.1, 0.15) is 11.6 Å². The van der Waals surface area contributed by atoms with Crippen LogP contribution in [0.4, 0.5) is 13.2 Å². The van der Waals surface area contributed by atoms with Crippen LogP contribution in [0.3, 0.4) is 0 Å². The zero-order valence-corrected chi connectivity index (χ0v) is 13.4. The van der Waals surface area contributed by atoms with Gasteiger partial charge < -0.3 is 9.84 Å². The van der Waals surface area contributed by atoms with Crippen LogP contribution in [0.25, 0.3) is 0 Å². The Morgan fingerprint density at radius 3 is 2.46 bits per heavy atom. The van der Waals surface area contributed by atoms with Crippen molar-refractivity contribution in [3.05, 3.63) is 29.1 Å². The van der Waals surface area contributed by atoms with Crippen LogP contribution in [0.1, 0.15) is 66.8 Å². The molecule has 0 bridgehead atoms. The molecule has 0 heterocycles. The standard InChI is InChI=1S/C18H21F3O3/c19-15-12(16(22)23)6-7-13(14(15)11-4-5-11)24-10-18(17(20)21)8-2-1-3-9-18/h6-7,11,17H,1-5,8-10H2,(H,22,23). The van der Waals surface area contributed by atoms with Crippen LogP contribution in [0.15, 0.2) is 12.1 Å². The number of rotatable bonds is 6. The number of aromatic carboxylic acids is 1. The average Bonchev–Trinajstić information content (AvgIpc) is 3.38. The Hall–Kier alpha value is -1.72. The van der Waals surface area contributed by atoms with E-state index < -0.39 is 29.2 Å². The number of alkyl halides is 2. The topological polar surface area (TPSA) is 46.5 Å². The summed E-state index contributed by atoms with van der Waals surface area (Å²) in [6.07, 6.45) is 2.28. The Balaban J connectivity index is 1.84. The van der Waals surface area contributed by atoms with Crippen LogP contribution >= 0.6 is 0 Å². The molecule has 0 saturated heterocycles. The smallest absolute Gasteiger partial charge is 0.338 e. The van der Waals surface area contributed by atoms with Gasteiger partial charge >= 0.3 is 5.97 Å². The Morgan fingerprint density at radius 2 is 1.92 bits per heavy atom. The highest BCUT2D eigenvalue weighted by atomic mass is 19.3. The third-order valence-electron chi connectivity index (χ3n) is 5.18. The molecule has 2 aliphatic carbocycles. The lowest BCUT2D eigenvalue weighted by Gasteiger charge is -2.36. The second-order valence-corrected chi connectivity index (χ2v) is 6.93. The zero-order valence-electron chi connectivity index (χ0n) is 13.4. The molecule has 6 heteroatoms. The fourth-order valence-corrected chi connectivity index (χ4v) is 3.52. The van der Waals surface area contributed by atoms with E-state index in [9.17, 15) is 18.0 Å². The highest BCUT2D eigenvalue weighted by Crippen LogP contribution is 2.47. The van der Waals surface area contributed by atoms with Crippen molar-refractivity contribution in [3.8, 4) is 5.75 Å². The van der Waals surface area contributed by atoms with E-state index in [0.717, 1.165) is 38.2 Å². The summed E-state index contributed by atoms with van der Waals surface area (Å²) < 4.78 is 47.3. The summed E-state index contributed by atoms with van der Waals surface area (Å²) in [5.41, 5.74) is -1.35. The minimum Gasteiger partial charge on any atom is -0.492 e. The summed E-state index contributed by atoms with van der Waals surface area (Å²) in [5.74, 6) is -1.99. The molecule has 3 rings (SSSR count). The first-order valence-corrected chi connectivity index (χ1v) is 8.41. The number of carboxylic acids is 1. The van der Waals surface area contributed by atoms with E-state index in [-0.39, 0.29) is 23.8 Å². The van der Waals surface area contributed by atoms with E-state index in [1.807, 2.05) is 0 Å². The van der Waals surface area contributed by atoms with Crippen LogP contribution in [0.5, 0.6) is 5.75 Å². The van der Waals surface area contributed by atoms with Gasteiger partial charge in [0.2, 0.25) is 6.43 Å². The van der Waals surface area contributed by atoms with Crippen molar-refractivity contribution in [3.63, 3.8) is 0 Å². The van der Waals surface area contributed by atoms with E-state index in [2.05, 4.69) is 0 Å². The van der Waals surface area contributed by atoms with Crippen LogP contribution < -0.4 is 4.74 Å². The van der Waals surface area contributed by atoms with Gasteiger partial charge in [-0.15, -0.1) is 0 Å². The molecule has 1 aromatic carbocycles. The van der Waals surface area contributed by atoms with Crippen molar-refractivity contribution >= 4 is 5.97 Å². The van der Waals surface area contributed by atoms with Crippen molar-refractivity contribution < 1.29 is 27.8 Å². The summed E-state index contributed by atoms with van der Waals surface area (Å²) in [6.45, 7) is -0.157. The highest BCUT2D eigenvalue weighted by molar-refractivity contribution is 5.88. The summed E-state index contributed by atoms with van der Waals surface area (Å²) in [4.78, 5) is 11.1. The minimum absolute atomic E-state index is 0.0758. The molecule has 0 radical (unpaired) electrons. The average molecular weight is 342 g/mol. The van der Waals surface area contributed by atoms with Gasteiger partial charge in [0, 0.05) is 5.56 Å². The quantitative estimate of drug-likeness (QED) is 0.792. The number of benzene rings is 1. The molecule has 2 fully saturated rings. The second kappa shape index (κ2) is 6.65. The summed E-state index contributed by atoms with van der Waals surface area (Å²) in [6, 6.07) is 2.55. The number of carbonyl (C=O) groups is 1. The molecule has 0 amide bonds. The third kappa shape index (κ3) is 3.23. The molecule has 0 aromatic heterocycles. The molecular formula is C18H21F3O3. The Bertz CT molecular complexity index is 620. The van der Waals surface area contributed by atoms with E-state index >= 15 is 0 Å². The Kier molecular flexibility index (Phi) is 4.74. The van der Waals surface area contributed by atoms with E-state index in [1.165, 1.54) is 6.07 Å².